The second-order valence-electron chi connectivity index (χ2n) is 7.56. The van der Waals surface area contributed by atoms with E-state index in [9.17, 15) is 13.2 Å². The molecule has 0 spiro atoms. The van der Waals surface area contributed by atoms with Gasteiger partial charge in [0.2, 0.25) is 0 Å². The largest absolute Gasteiger partial charge is 0.347 e. The number of carbonyl (C=O) groups excluding carboxylic acids is 1. The van der Waals surface area contributed by atoms with Crippen LogP contribution in [-0.2, 0) is 9.84 Å². The van der Waals surface area contributed by atoms with Gasteiger partial charge in [-0.1, -0.05) is 12.5 Å². The zero-order valence-electron chi connectivity index (χ0n) is 15.9. The minimum absolute atomic E-state index is 0.00661. The molecule has 2 fully saturated rings. The molecule has 4 rings (SSSR count). The van der Waals surface area contributed by atoms with Crippen molar-refractivity contribution < 1.29 is 13.2 Å². The standard InChI is InChI=1S/C19H25N5O3S/c1-14-15(11-21-24(14)18-7-3-4-8-20-18)19(25)22-16-12-28(26,27)13-17(16)23-9-5-2-6-10-23/h3-4,7-8,11,16-17H,2,5-6,9-10,12-13H2,1H3,(H,22,25). The molecule has 2 aromatic rings. The zero-order chi connectivity index (χ0) is 19.7. The third kappa shape index (κ3) is 3.81. The van der Waals surface area contributed by atoms with Gasteiger partial charge in [-0.25, -0.2) is 18.1 Å². The third-order valence-electron chi connectivity index (χ3n) is 5.62. The maximum atomic E-state index is 12.9. The summed E-state index contributed by atoms with van der Waals surface area (Å²) in [5, 5.41) is 7.25. The normalized spacial score (nSPS) is 24.9. The van der Waals surface area contributed by atoms with Crippen LogP contribution in [0.1, 0.15) is 35.3 Å². The molecule has 150 valence electrons. The van der Waals surface area contributed by atoms with Gasteiger partial charge in [0, 0.05) is 12.2 Å². The fourth-order valence-electron chi connectivity index (χ4n) is 4.17. The lowest BCUT2D eigenvalue weighted by molar-refractivity contribution is 0.0899. The number of hydrogen-bond acceptors (Lipinski definition) is 6. The van der Waals surface area contributed by atoms with Gasteiger partial charge in [-0.05, 0) is 45.0 Å². The molecule has 0 radical (unpaired) electrons. The Morgan fingerprint density at radius 3 is 2.68 bits per heavy atom. The Morgan fingerprint density at radius 1 is 1.18 bits per heavy atom. The van der Waals surface area contributed by atoms with E-state index in [1.54, 1.807) is 10.9 Å². The molecule has 28 heavy (non-hydrogen) atoms. The minimum atomic E-state index is -3.16. The van der Waals surface area contributed by atoms with Gasteiger partial charge in [0.25, 0.3) is 5.91 Å². The van der Waals surface area contributed by atoms with Crippen LogP contribution in [0.25, 0.3) is 5.82 Å². The van der Waals surface area contributed by atoms with Crippen LogP contribution in [0.4, 0.5) is 0 Å². The fraction of sp³-hybridized carbons (Fsp3) is 0.526. The van der Waals surface area contributed by atoms with Crippen molar-refractivity contribution in [2.75, 3.05) is 24.6 Å². The summed E-state index contributed by atoms with van der Waals surface area (Å²) >= 11 is 0. The molecule has 0 aromatic carbocycles. The molecule has 4 heterocycles. The molecule has 1 amide bonds. The molecular formula is C19H25N5O3S. The van der Waals surface area contributed by atoms with Crippen molar-refractivity contribution in [3.05, 3.63) is 41.9 Å². The van der Waals surface area contributed by atoms with Crippen LogP contribution in [0, 0.1) is 6.92 Å². The lowest BCUT2D eigenvalue weighted by atomic mass is 10.0. The van der Waals surface area contributed by atoms with E-state index in [2.05, 4.69) is 20.3 Å². The zero-order valence-corrected chi connectivity index (χ0v) is 16.7. The second-order valence-corrected chi connectivity index (χ2v) is 9.72. The number of pyridine rings is 1. The fourth-order valence-corrected chi connectivity index (χ4v) is 6.12. The Bertz CT molecular complexity index is 951. The first kappa shape index (κ1) is 19.1. The lowest BCUT2D eigenvalue weighted by Gasteiger charge is -2.35. The summed E-state index contributed by atoms with van der Waals surface area (Å²) in [6.45, 7) is 3.59. The van der Waals surface area contributed by atoms with Gasteiger partial charge in [0.15, 0.2) is 15.7 Å². The highest BCUT2D eigenvalue weighted by molar-refractivity contribution is 7.91. The molecule has 2 unspecified atom stereocenters. The van der Waals surface area contributed by atoms with E-state index in [4.69, 9.17) is 0 Å². The van der Waals surface area contributed by atoms with Crippen molar-refractivity contribution >= 4 is 15.7 Å². The molecule has 2 atom stereocenters. The van der Waals surface area contributed by atoms with Gasteiger partial charge >= 0.3 is 0 Å². The first-order chi connectivity index (χ1) is 13.4. The molecule has 8 nitrogen and oxygen atoms in total. The van der Waals surface area contributed by atoms with Crippen LogP contribution in [0.3, 0.4) is 0 Å². The summed E-state index contributed by atoms with van der Waals surface area (Å²) in [6.07, 6.45) is 6.51. The summed E-state index contributed by atoms with van der Waals surface area (Å²) in [4.78, 5) is 19.4. The van der Waals surface area contributed by atoms with Crippen molar-refractivity contribution in [2.24, 2.45) is 0 Å². The maximum Gasteiger partial charge on any atom is 0.255 e. The van der Waals surface area contributed by atoms with Crippen LogP contribution in [0.5, 0.6) is 0 Å². The minimum Gasteiger partial charge on any atom is -0.347 e. The molecular weight excluding hydrogens is 378 g/mol. The molecule has 1 N–H and O–H groups in total. The summed E-state index contributed by atoms with van der Waals surface area (Å²) in [5.41, 5.74) is 1.11. The van der Waals surface area contributed by atoms with Crippen molar-refractivity contribution in [3.8, 4) is 5.82 Å². The molecule has 2 aliphatic heterocycles. The average Bonchev–Trinajstić information content (AvgIpc) is 3.22. The number of nitrogens with zero attached hydrogens (tertiary/aromatic N) is 4. The summed E-state index contributed by atoms with van der Waals surface area (Å²) < 4.78 is 26.1. The van der Waals surface area contributed by atoms with Crippen LogP contribution < -0.4 is 5.32 Å². The van der Waals surface area contributed by atoms with Gasteiger partial charge in [-0.3, -0.25) is 9.69 Å². The van der Waals surface area contributed by atoms with E-state index in [0.717, 1.165) is 25.9 Å². The summed E-state index contributed by atoms with van der Waals surface area (Å²) in [7, 11) is -3.16. The van der Waals surface area contributed by atoms with E-state index in [1.165, 1.54) is 12.6 Å². The quantitative estimate of drug-likeness (QED) is 0.817. The molecule has 2 aliphatic rings. The van der Waals surface area contributed by atoms with Gasteiger partial charge in [0.1, 0.15) is 0 Å². The van der Waals surface area contributed by atoms with Crippen molar-refractivity contribution in [3.63, 3.8) is 0 Å². The Kier molecular flexibility index (Phi) is 5.20. The Balaban J connectivity index is 1.53. The number of carbonyl (C=O) groups is 1. The molecule has 2 saturated heterocycles. The van der Waals surface area contributed by atoms with E-state index in [0.29, 0.717) is 17.1 Å². The Morgan fingerprint density at radius 2 is 1.96 bits per heavy atom. The van der Waals surface area contributed by atoms with E-state index >= 15 is 0 Å². The van der Waals surface area contributed by atoms with Gasteiger partial charge in [-0.15, -0.1) is 0 Å². The summed E-state index contributed by atoms with van der Waals surface area (Å²) in [6, 6.07) is 4.94. The number of sulfone groups is 1. The molecule has 0 aliphatic carbocycles. The predicted molar refractivity (Wildman–Crippen MR) is 105 cm³/mol. The number of rotatable bonds is 4. The first-order valence-corrected chi connectivity index (χ1v) is 11.5. The molecule has 2 aromatic heterocycles. The van der Waals surface area contributed by atoms with Crippen LogP contribution in [-0.4, -0.2) is 70.7 Å². The van der Waals surface area contributed by atoms with E-state index < -0.39 is 15.9 Å². The number of hydrogen-bond donors (Lipinski definition) is 1. The number of nitrogens with one attached hydrogen (secondary N) is 1. The summed E-state index contributed by atoms with van der Waals surface area (Å²) in [5.74, 6) is 0.453. The number of piperidine rings is 1. The average molecular weight is 404 g/mol. The van der Waals surface area contributed by atoms with Gasteiger partial charge in [-0.2, -0.15) is 5.10 Å². The van der Waals surface area contributed by atoms with Crippen molar-refractivity contribution in [2.45, 2.75) is 38.3 Å². The maximum absolute atomic E-state index is 12.9. The predicted octanol–water partition coefficient (Wildman–Crippen LogP) is 0.957. The van der Waals surface area contributed by atoms with Crippen LogP contribution in [0.15, 0.2) is 30.6 Å². The first-order valence-electron chi connectivity index (χ1n) is 9.66. The SMILES string of the molecule is Cc1c(C(=O)NC2CS(=O)(=O)CC2N2CCCCC2)cnn1-c1ccccn1. The highest BCUT2D eigenvalue weighted by Gasteiger charge is 2.42. The number of amides is 1. The van der Waals surface area contributed by atoms with Crippen LogP contribution in [0.2, 0.25) is 0 Å². The highest BCUT2D eigenvalue weighted by atomic mass is 32.2. The van der Waals surface area contributed by atoms with Crippen LogP contribution >= 0.6 is 0 Å². The second kappa shape index (κ2) is 7.63. The Hall–Kier alpha value is -2.26. The topological polar surface area (TPSA) is 97.2 Å². The smallest absolute Gasteiger partial charge is 0.255 e. The molecule has 9 heteroatoms. The van der Waals surface area contributed by atoms with Crippen molar-refractivity contribution in [1.29, 1.82) is 0 Å². The van der Waals surface area contributed by atoms with Gasteiger partial charge in [0.05, 0.1) is 35.0 Å². The highest BCUT2D eigenvalue weighted by Crippen LogP contribution is 2.23. The van der Waals surface area contributed by atoms with Gasteiger partial charge < -0.3 is 5.32 Å². The number of aromatic nitrogens is 3. The third-order valence-corrected chi connectivity index (χ3v) is 7.34. The van der Waals surface area contributed by atoms with E-state index in [-0.39, 0.29) is 23.5 Å². The molecule has 0 saturated carbocycles. The van der Waals surface area contributed by atoms with Crippen molar-refractivity contribution in [1.82, 2.24) is 25.0 Å². The van der Waals surface area contributed by atoms with E-state index in [1.807, 2.05) is 25.1 Å². The Labute approximate surface area is 164 Å². The molecule has 0 bridgehead atoms. The monoisotopic (exact) mass is 403 g/mol. The number of likely N-dealkylation sites (tertiary alicyclic amines) is 1. The lowest BCUT2D eigenvalue weighted by Crippen LogP contribution is -2.52.